The molecule has 4 N–H and O–H groups in total. The second kappa shape index (κ2) is 5.18. The fourth-order valence-electron chi connectivity index (χ4n) is 1.98. The topological polar surface area (TPSA) is 95.4 Å². The number of hydrogen-bond donors (Lipinski definition) is 2. The van der Waals surface area contributed by atoms with Crippen LogP contribution in [0.25, 0.3) is 0 Å². The van der Waals surface area contributed by atoms with E-state index in [0.29, 0.717) is 12.2 Å². The Kier molecular flexibility index (Phi) is 3.62. The van der Waals surface area contributed by atoms with Crippen molar-refractivity contribution in [3.63, 3.8) is 0 Å². The van der Waals surface area contributed by atoms with Crippen LogP contribution in [-0.4, -0.2) is 24.3 Å². The van der Waals surface area contributed by atoms with Gasteiger partial charge in [-0.3, -0.25) is 9.59 Å². The molecule has 0 radical (unpaired) electrons. The number of rotatable bonds is 4. The second-order valence-corrected chi connectivity index (χ2v) is 4.42. The number of fused-ring (bicyclic) bond motifs is 1. The van der Waals surface area contributed by atoms with Gasteiger partial charge in [-0.05, 0) is 36.6 Å². The molecule has 5 nitrogen and oxygen atoms in total. The van der Waals surface area contributed by atoms with E-state index >= 15 is 0 Å². The van der Waals surface area contributed by atoms with Gasteiger partial charge in [0.15, 0.2) is 5.78 Å². The summed E-state index contributed by atoms with van der Waals surface area (Å²) in [5.74, 6) is 0.194. The summed E-state index contributed by atoms with van der Waals surface area (Å²) in [6.07, 6.45) is 2.36. The number of hydrogen-bond acceptors (Lipinski definition) is 4. The first-order valence-corrected chi connectivity index (χ1v) is 5.92. The Morgan fingerprint density at radius 1 is 1.39 bits per heavy atom. The smallest absolute Gasteiger partial charge is 0.237 e. The molecule has 0 aromatic heterocycles. The third-order valence-corrected chi connectivity index (χ3v) is 3.02. The number of aryl methyl sites for hydroxylation is 1. The first-order valence-electron chi connectivity index (χ1n) is 5.92. The number of carbonyl (C=O) groups is 2. The van der Waals surface area contributed by atoms with Gasteiger partial charge in [-0.25, -0.2) is 0 Å². The third kappa shape index (κ3) is 2.68. The summed E-state index contributed by atoms with van der Waals surface area (Å²) >= 11 is 0. The zero-order chi connectivity index (χ0) is 13.1. The normalized spacial score (nSPS) is 15.9. The van der Waals surface area contributed by atoms with E-state index in [1.54, 1.807) is 12.1 Å². The highest BCUT2D eigenvalue weighted by molar-refractivity contribution is 5.98. The Balaban J connectivity index is 2.07. The van der Waals surface area contributed by atoms with Crippen molar-refractivity contribution in [3.8, 4) is 5.75 Å². The molecule has 2 rings (SSSR count). The van der Waals surface area contributed by atoms with Crippen LogP contribution in [0.3, 0.4) is 0 Å². The van der Waals surface area contributed by atoms with Crippen molar-refractivity contribution >= 4 is 11.7 Å². The molecule has 1 aliphatic rings. The van der Waals surface area contributed by atoms with Crippen LogP contribution in [0.5, 0.6) is 5.75 Å². The summed E-state index contributed by atoms with van der Waals surface area (Å²) in [5.41, 5.74) is 12.3. The molecule has 1 aliphatic carbocycles. The van der Waals surface area contributed by atoms with Gasteiger partial charge in [0.2, 0.25) is 5.91 Å². The molecule has 0 saturated carbocycles. The molecule has 0 bridgehead atoms. The minimum absolute atomic E-state index is 0.0437. The molecule has 5 heteroatoms. The Bertz CT molecular complexity index is 485. The summed E-state index contributed by atoms with van der Waals surface area (Å²) < 4.78 is 5.39. The number of ketones is 1. The molecule has 0 saturated heterocycles. The van der Waals surface area contributed by atoms with Crippen molar-refractivity contribution < 1.29 is 14.3 Å². The van der Waals surface area contributed by atoms with E-state index in [-0.39, 0.29) is 12.4 Å². The van der Waals surface area contributed by atoms with Crippen molar-refractivity contribution in [1.29, 1.82) is 0 Å². The summed E-state index contributed by atoms with van der Waals surface area (Å²) in [7, 11) is 0. The standard InChI is InChI=1S/C13H16N2O3/c14-11(13(15)17)7-18-9-4-5-10-8(6-9)2-1-3-12(10)16/h4-6,11H,1-3,7,14H2,(H2,15,17). The Hall–Kier alpha value is -1.88. The lowest BCUT2D eigenvalue weighted by molar-refractivity contribution is -0.119. The molecule has 0 aliphatic heterocycles. The van der Waals surface area contributed by atoms with Crippen molar-refractivity contribution in [2.45, 2.75) is 25.3 Å². The van der Waals surface area contributed by atoms with Crippen LogP contribution < -0.4 is 16.2 Å². The fraction of sp³-hybridized carbons (Fsp3) is 0.385. The molecule has 1 atom stereocenters. The lowest BCUT2D eigenvalue weighted by Gasteiger charge is -2.16. The van der Waals surface area contributed by atoms with Gasteiger partial charge in [0, 0.05) is 12.0 Å². The molecule has 0 fully saturated rings. The average molecular weight is 248 g/mol. The number of amides is 1. The molecule has 1 amide bonds. The van der Waals surface area contributed by atoms with Crippen LogP contribution in [0.15, 0.2) is 18.2 Å². The van der Waals surface area contributed by atoms with Gasteiger partial charge < -0.3 is 16.2 Å². The van der Waals surface area contributed by atoms with Crippen LogP contribution >= 0.6 is 0 Å². The van der Waals surface area contributed by atoms with Crippen molar-refractivity contribution in [2.75, 3.05) is 6.61 Å². The summed E-state index contributed by atoms with van der Waals surface area (Å²) in [4.78, 5) is 22.4. The third-order valence-electron chi connectivity index (χ3n) is 3.02. The number of carbonyl (C=O) groups excluding carboxylic acids is 2. The molecular weight excluding hydrogens is 232 g/mol. The highest BCUT2D eigenvalue weighted by atomic mass is 16.5. The molecule has 1 aromatic carbocycles. The number of Topliss-reactive ketones (excluding diaryl/α,β-unsaturated/α-hetero) is 1. The first kappa shape index (κ1) is 12.6. The molecule has 1 aromatic rings. The van der Waals surface area contributed by atoms with Crippen molar-refractivity contribution in [1.82, 2.24) is 0 Å². The van der Waals surface area contributed by atoms with E-state index in [1.807, 2.05) is 6.07 Å². The van der Waals surface area contributed by atoms with E-state index in [4.69, 9.17) is 16.2 Å². The minimum atomic E-state index is -0.817. The maximum atomic E-state index is 11.6. The highest BCUT2D eigenvalue weighted by Gasteiger charge is 2.17. The number of nitrogens with two attached hydrogens (primary N) is 2. The largest absolute Gasteiger partial charge is 0.491 e. The van der Waals surface area contributed by atoms with Crippen molar-refractivity contribution in [2.24, 2.45) is 11.5 Å². The van der Waals surface area contributed by atoms with Crippen LogP contribution in [0.4, 0.5) is 0 Å². The zero-order valence-electron chi connectivity index (χ0n) is 10.0. The molecular formula is C13H16N2O3. The van der Waals surface area contributed by atoms with Crippen LogP contribution in [0.1, 0.15) is 28.8 Å². The maximum absolute atomic E-state index is 11.6. The molecule has 96 valence electrons. The van der Waals surface area contributed by atoms with Crippen LogP contribution in [0.2, 0.25) is 0 Å². The quantitative estimate of drug-likeness (QED) is 0.806. The monoisotopic (exact) mass is 248 g/mol. The Morgan fingerprint density at radius 3 is 2.89 bits per heavy atom. The molecule has 0 spiro atoms. The lowest BCUT2D eigenvalue weighted by atomic mass is 9.90. The van der Waals surface area contributed by atoms with Crippen LogP contribution in [-0.2, 0) is 11.2 Å². The summed E-state index contributed by atoms with van der Waals surface area (Å²) in [6.45, 7) is 0.0437. The number of primary amides is 1. The van der Waals surface area contributed by atoms with Crippen LogP contribution in [0, 0.1) is 0 Å². The van der Waals surface area contributed by atoms with E-state index in [2.05, 4.69) is 0 Å². The highest BCUT2D eigenvalue weighted by Crippen LogP contribution is 2.25. The molecule has 18 heavy (non-hydrogen) atoms. The predicted octanol–water partition coefficient (Wildman–Crippen LogP) is 0.397. The van der Waals surface area contributed by atoms with Gasteiger partial charge >= 0.3 is 0 Å². The van der Waals surface area contributed by atoms with Gasteiger partial charge in [0.1, 0.15) is 18.4 Å². The zero-order valence-corrected chi connectivity index (χ0v) is 10.0. The molecule has 1 unspecified atom stereocenters. The van der Waals surface area contributed by atoms with E-state index < -0.39 is 11.9 Å². The minimum Gasteiger partial charge on any atom is -0.491 e. The fourth-order valence-corrected chi connectivity index (χ4v) is 1.98. The SMILES string of the molecule is NC(=O)C(N)COc1ccc2c(c1)CCCC2=O. The van der Waals surface area contributed by atoms with E-state index in [0.717, 1.165) is 24.0 Å². The summed E-state index contributed by atoms with van der Waals surface area (Å²) in [6, 6.07) is 4.50. The maximum Gasteiger partial charge on any atom is 0.237 e. The van der Waals surface area contributed by atoms with Crippen molar-refractivity contribution in [3.05, 3.63) is 29.3 Å². The first-order chi connectivity index (χ1) is 8.58. The average Bonchev–Trinajstić information content (AvgIpc) is 2.36. The Labute approximate surface area is 105 Å². The van der Waals surface area contributed by atoms with Gasteiger partial charge in [-0.1, -0.05) is 0 Å². The lowest BCUT2D eigenvalue weighted by Crippen LogP contribution is -2.41. The number of ether oxygens (including phenoxy) is 1. The molecule has 0 heterocycles. The van der Waals surface area contributed by atoms with Gasteiger partial charge in [0.25, 0.3) is 0 Å². The predicted molar refractivity (Wildman–Crippen MR) is 66.4 cm³/mol. The van der Waals surface area contributed by atoms with Gasteiger partial charge in [-0.2, -0.15) is 0 Å². The van der Waals surface area contributed by atoms with Gasteiger partial charge in [0.05, 0.1) is 0 Å². The second-order valence-electron chi connectivity index (χ2n) is 4.42. The number of benzene rings is 1. The van der Waals surface area contributed by atoms with Gasteiger partial charge in [-0.15, -0.1) is 0 Å². The van der Waals surface area contributed by atoms with E-state index in [1.165, 1.54) is 0 Å². The summed E-state index contributed by atoms with van der Waals surface area (Å²) in [5, 5.41) is 0. The Morgan fingerprint density at radius 2 is 2.17 bits per heavy atom. The van der Waals surface area contributed by atoms with E-state index in [9.17, 15) is 9.59 Å².